The fourth-order valence-corrected chi connectivity index (χ4v) is 3.89. The fourth-order valence-electron chi connectivity index (χ4n) is 2.77. The summed E-state index contributed by atoms with van der Waals surface area (Å²) >= 11 is 0.993. The van der Waals surface area contributed by atoms with Crippen LogP contribution in [0.2, 0.25) is 0 Å². The van der Waals surface area contributed by atoms with Crippen molar-refractivity contribution < 1.29 is 18.7 Å². The SMILES string of the molecule is Cc1ccc(Nc2sc(-c3c(F)cc(C(C)(C)O)cc3F)cc2C(N)=O)nc1C. The lowest BCUT2D eigenvalue weighted by Gasteiger charge is -2.18. The van der Waals surface area contributed by atoms with Crippen LogP contribution >= 0.6 is 11.3 Å². The second-order valence-corrected chi connectivity index (χ2v) is 8.37. The van der Waals surface area contributed by atoms with E-state index < -0.39 is 23.1 Å². The molecule has 0 unspecified atom stereocenters. The van der Waals surface area contributed by atoms with Crippen molar-refractivity contribution >= 4 is 28.1 Å². The Bertz CT molecular complexity index is 1080. The van der Waals surface area contributed by atoms with E-state index in [0.717, 1.165) is 34.7 Å². The third-order valence-corrected chi connectivity index (χ3v) is 5.65. The number of halogens is 2. The molecule has 1 aromatic carbocycles. The largest absolute Gasteiger partial charge is 0.386 e. The zero-order valence-corrected chi connectivity index (χ0v) is 17.2. The van der Waals surface area contributed by atoms with Crippen LogP contribution in [0.3, 0.4) is 0 Å². The Balaban J connectivity index is 2.07. The zero-order chi connectivity index (χ0) is 21.5. The number of aliphatic hydroxyl groups is 1. The van der Waals surface area contributed by atoms with Gasteiger partial charge in [-0.15, -0.1) is 11.3 Å². The normalized spacial score (nSPS) is 11.6. The molecule has 0 spiro atoms. The van der Waals surface area contributed by atoms with Crippen LogP contribution in [0.5, 0.6) is 0 Å². The highest BCUT2D eigenvalue weighted by Gasteiger charge is 2.24. The summed E-state index contributed by atoms with van der Waals surface area (Å²) in [7, 11) is 0. The van der Waals surface area contributed by atoms with Gasteiger partial charge in [0.25, 0.3) is 5.91 Å². The molecule has 2 heterocycles. The van der Waals surface area contributed by atoms with Gasteiger partial charge in [-0.1, -0.05) is 6.07 Å². The van der Waals surface area contributed by atoms with Gasteiger partial charge >= 0.3 is 0 Å². The van der Waals surface area contributed by atoms with Crippen LogP contribution in [0.15, 0.2) is 30.3 Å². The number of amides is 1. The summed E-state index contributed by atoms with van der Waals surface area (Å²) in [5.41, 5.74) is 5.82. The minimum absolute atomic E-state index is 0.107. The van der Waals surface area contributed by atoms with Gasteiger partial charge in [0, 0.05) is 10.6 Å². The predicted octanol–water partition coefficient (Wildman–Crippen LogP) is 4.78. The smallest absolute Gasteiger partial charge is 0.251 e. The number of pyridine rings is 1. The topological polar surface area (TPSA) is 88.2 Å². The molecule has 29 heavy (non-hydrogen) atoms. The van der Waals surface area contributed by atoms with Crippen molar-refractivity contribution in [1.29, 1.82) is 0 Å². The number of anilines is 2. The zero-order valence-electron chi connectivity index (χ0n) is 16.4. The lowest BCUT2D eigenvalue weighted by atomic mass is 9.96. The second-order valence-electron chi connectivity index (χ2n) is 7.32. The molecule has 152 valence electrons. The van der Waals surface area contributed by atoms with E-state index in [1.165, 1.54) is 19.9 Å². The number of aryl methyl sites for hydroxylation is 2. The number of nitrogens with two attached hydrogens (primary N) is 1. The Labute approximate surface area is 171 Å². The number of rotatable bonds is 5. The molecule has 2 aromatic heterocycles. The first-order valence-electron chi connectivity index (χ1n) is 8.84. The van der Waals surface area contributed by atoms with Crippen molar-refractivity contribution in [1.82, 2.24) is 4.98 Å². The van der Waals surface area contributed by atoms with Gasteiger partial charge in [0.15, 0.2) is 0 Å². The quantitative estimate of drug-likeness (QED) is 0.558. The van der Waals surface area contributed by atoms with Gasteiger partial charge < -0.3 is 16.2 Å². The number of hydrogen-bond acceptors (Lipinski definition) is 5. The van der Waals surface area contributed by atoms with Crippen molar-refractivity contribution in [3.63, 3.8) is 0 Å². The van der Waals surface area contributed by atoms with Crippen molar-refractivity contribution in [2.45, 2.75) is 33.3 Å². The number of primary amides is 1. The number of aromatic nitrogens is 1. The lowest BCUT2D eigenvalue weighted by Crippen LogP contribution is -2.16. The first kappa shape index (κ1) is 20.9. The molecule has 0 aliphatic carbocycles. The summed E-state index contributed by atoms with van der Waals surface area (Å²) in [6.07, 6.45) is 0. The van der Waals surface area contributed by atoms with Crippen LogP contribution in [0, 0.1) is 25.5 Å². The molecule has 0 fully saturated rings. The Morgan fingerprint density at radius 1 is 1.17 bits per heavy atom. The number of carbonyl (C=O) groups excluding carboxylic acids is 1. The van der Waals surface area contributed by atoms with E-state index >= 15 is 0 Å². The Hall–Kier alpha value is -2.84. The summed E-state index contributed by atoms with van der Waals surface area (Å²) in [4.78, 5) is 16.5. The van der Waals surface area contributed by atoms with Crippen LogP contribution < -0.4 is 11.1 Å². The highest BCUT2D eigenvalue weighted by molar-refractivity contribution is 7.20. The minimum atomic E-state index is -1.39. The molecule has 3 aromatic rings. The first-order valence-corrected chi connectivity index (χ1v) is 9.66. The molecule has 0 bridgehead atoms. The summed E-state index contributed by atoms with van der Waals surface area (Å²) in [6, 6.07) is 7.13. The van der Waals surface area contributed by atoms with E-state index in [-0.39, 0.29) is 21.6 Å². The van der Waals surface area contributed by atoms with Crippen LogP contribution in [0.25, 0.3) is 10.4 Å². The van der Waals surface area contributed by atoms with Gasteiger partial charge in [-0.2, -0.15) is 0 Å². The number of benzene rings is 1. The molecule has 4 N–H and O–H groups in total. The maximum atomic E-state index is 14.7. The number of carbonyl (C=O) groups is 1. The predicted molar refractivity (Wildman–Crippen MR) is 110 cm³/mol. The molecule has 0 aliphatic rings. The van der Waals surface area contributed by atoms with Gasteiger partial charge in [-0.25, -0.2) is 13.8 Å². The number of thiophene rings is 1. The first-order chi connectivity index (χ1) is 13.5. The summed E-state index contributed by atoms with van der Waals surface area (Å²) in [5, 5.41) is 13.4. The molecule has 0 radical (unpaired) electrons. The van der Waals surface area contributed by atoms with Gasteiger partial charge in [0.2, 0.25) is 0 Å². The van der Waals surface area contributed by atoms with Crippen LogP contribution in [-0.4, -0.2) is 16.0 Å². The van der Waals surface area contributed by atoms with Gasteiger partial charge in [0.1, 0.15) is 22.5 Å². The highest BCUT2D eigenvalue weighted by atomic mass is 32.1. The number of hydrogen-bond donors (Lipinski definition) is 3. The molecule has 8 heteroatoms. The van der Waals surface area contributed by atoms with Gasteiger partial charge in [-0.05, 0) is 63.1 Å². The van der Waals surface area contributed by atoms with E-state index in [2.05, 4.69) is 10.3 Å². The lowest BCUT2D eigenvalue weighted by molar-refractivity contribution is 0.0778. The molecule has 0 saturated heterocycles. The number of nitrogens with zero attached hydrogens (tertiary/aromatic N) is 1. The minimum Gasteiger partial charge on any atom is -0.386 e. The van der Waals surface area contributed by atoms with E-state index in [0.29, 0.717) is 10.8 Å². The third kappa shape index (κ3) is 4.28. The molecule has 0 aliphatic heterocycles. The molecule has 3 rings (SSSR count). The van der Waals surface area contributed by atoms with Crippen LogP contribution in [0.1, 0.15) is 41.0 Å². The molecule has 0 atom stereocenters. The Morgan fingerprint density at radius 3 is 2.31 bits per heavy atom. The van der Waals surface area contributed by atoms with Crippen LogP contribution in [-0.2, 0) is 5.60 Å². The maximum absolute atomic E-state index is 14.7. The van der Waals surface area contributed by atoms with Crippen molar-refractivity contribution in [3.05, 3.63) is 64.4 Å². The van der Waals surface area contributed by atoms with Crippen molar-refractivity contribution in [3.8, 4) is 10.4 Å². The highest BCUT2D eigenvalue weighted by Crippen LogP contribution is 2.40. The van der Waals surface area contributed by atoms with Crippen molar-refractivity contribution in [2.24, 2.45) is 5.73 Å². The van der Waals surface area contributed by atoms with Gasteiger partial charge in [0.05, 0.1) is 16.7 Å². The van der Waals surface area contributed by atoms with E-state index in [9.17, 15) is 18.7 Å². The van der Waals surface area contributed by atoms with Crippen molar-refractivity contribution in [2.75, 3.05) is 5.32 Å². The average Bonchev–Trinajstić information content (AvgIpc) is 3.00. The standard InChI is InChI=1S/C21H21F2N3O2S/c1-10-5-6-17(25-11(10)2)26-20-13(19(24)27)9-16(29-20)18-14(22)7-12(8-15(18)23)21(3,4)28/h5-9,28H,1-4H3,(H2,24,27)(H,25,26). The third-order valence-electron chi connectivity index (χ3n) is 4.58. The molecule has 0 saturated carbocycles. The van der Waals surface area contributed by atoms with Crippen LogP contribution in [0.4, 0.5) is 19.6 Å². The fraction of sp³-hybridized carbons (Fsp3) is 0.238. The summed E-state index contributed by atoms with van der Waals surface area (Å²) < 4.78 is 29.4. The molecule has 5 nitrogen and oxygen atoms in total. The monoisotopic (exact) mass is 417 g/mol. The molecular weight excluding hydrogens is 396 g/mol. The second kappa shape index (κ2) is 7.53. The Kier molecular flexibility index (Phi) is 5.42. The molecule has 1 amide bonds. The van der Waals surface area contributed by atoms with Gasteiger partial charge in [-0.3, -0.25) is 4.79 Å². The molecular formula is C21H21F2N3O2S. The summed E-state index contributed by atoms with van der Waals surface area (Å²) in [5.74, 6) is -1.92. The maximum Gasteiger partial charge on any atom is 0.251 e. The number of nitrogens with one attached hydrogen (secondary N) is 1. The average molecular weight is 417 g/mol. The summed E-state index contributed by atoms with van der Waals surface area (Å²) in [6.45, 7) is 6.66. The van der Waals surface area contributed by atoms with E-state index in [1.54, 1.807) is 6.07 Å². The van der Waals surface area contributed by atoms with E-state index in [1.807, 2.05) is 19.9 Å². The Morgan fingerprint density at radius 2 is 1.79 bits per heavy atom. The van der Waals surface area contributed by atoms with E-state index in [4.69, 9.17) is 5.73 Å².